The van der Waals surface area contributed by atoms with Crippen LogP contribution in [-0.4, -0.2) is 58.3 Å². The number of piperidine rings is 1. The van der Waals surface area contributed by atoms with Crippen molar-refractivity contribution in [1.82, 2.24) is 9.62 Å². The Labute approximate surface area is 232 Å². The maximum atomic E-state index is 13.2. The summed E-state index contributed by atoms with van der Waals surface area (Å²) in [5.41, 5.74) is 0.601. The highest BCUT2D eigenvalue weighted by Crippen LogP contribution is 2.46. The molecule has 36 heavy (non-hydrogen) atoms. The van der Waals surface area contributed by atoms with Crippen molar-refractivity contribution in [3.05, 3.63) is 39.4 Å². The van der Waals surface area contributed by atoms with E-state index in [0.717, 1.165) is 0 Å². The Morgan fingerprint density at radius 2 is 1.97 bits per heavy atom. The third-order valence-electron chi connectivity index (χ3n) is 6.23. The molecule has 2 aliphatic rings. The quantitative estimate of drug-likeness (QED) is 0.241. The van der Waals surface area contributed by atoms with Crippen molar-refractivity contribution in [3.63, 3.8) is 0 Å². The fourth-order valence-electron chi connectivity index (χ4n) is 4.29. The molecule has 1 amide bonds. The van der Waals surface area contributed by atoms with Gasteiger partial charge in [0.15, 0.2) is 11.9 Å². The van der Waals surface area contributed by atoms with Crippen LogP contribution in [0, 0.1) is 5.92 Å². The molecule has 1 aromatic carbocycles. The Morgan fingerprint density at radius 1 is 1.33 bits per heavy atom. The van der Waals surface area contributed by atoms with Gasteiger partial charge in [-0.25, -0.2) is 0 Å². The highest BCUT2D eigenvalue weighted by atomic mass is 35.5. The Kier molecular flexibility index (Phi) is 9.94. The van der Waals surface area contributed by atoms with Crippen molar-refractivity contribution in [2.45, 2.75) is 70.1 Å². The van der Waals surface area contributed by atoms with E-state index in [2.05, 4.69) is 11.3 Å². The van der Waals surface area contributed by atoms with Gasteiger partial charge in [-0.3, -0.25) is 4.79 Å². The second kappa shape index (κ2) is 12.0. The standard InChI is InChI=1S/C25H35Cl3N2O5S/c1-7-12-33-17-13-16(26)20(27)21(28)19(17)22(29-36(32)24(2,3)4)15-8-10-30(11-9-15)23(31)18-14-34-25(5,6)35-18/h7,13,15,18,22,29H,1,8-12,14H2,2-6H3/t18?,22-,36?/m1/s1. The normalized spacial score (nSPS) is 22.4. The van der Waals surface area contributed by atoms with Crippen LogP contribution in [0.1, 0.15) is 59.1 Å². The summed E-state index contributed by atoms with van der Waals surface area (Å²) in [6.07, 6.45) is 2.32. The predicted octanol–water partition coefficient (Wildman–Crippen LogP) is 5.69. The lowest BCUT2D eigenvalue weighted by molar-refractivity contribution is -0.161. The third-order valence-corrected chi connectivity index (χ3v) is 9.08. The predicted molar refractivity (Wildman–Crippen MR) is 145 cm³/mol. The molecule has 3 rings (SSSR count). The van der Waals surface area contributed by atoms with Gasteiger partial charge in [-0.1, -0.05) is 47.5 Å². The van der Waals surface area contributed by atoms with Crippen LogP contribution in [0.2, 0.25) is 15.1 Å². The van der Waals surface area contributed by atoms with Crippen molar-refractivity contribution >= 4 is 52.1 Å². The van der Waals surface area contributed by atoms with Crippen LogP contribution >= 0.6 is 34.8 Å². The SMILES string of the molecule is C=CCOc1cc(Cl)c(Cl)c(Cl)c1[C@H](N[S+]([O-])C(C)(C)C)C1CCN(C(=O)C2COC(C)(C)O2)CC1. The smallest absolute Gasteiger partial charge is 0.254 e. The Bertz CT molecular complexity index is 964. The largest absolute Gasteiger partial charge is 0.598 e. The van der Waals surface area contributed by atoms with Crippen molar-refractivity contribution in [2.24, 2.45) is 5.92 Å². The van der Waals surface area contributed by atoms with Crippen LogP contribution in [0.3, 0.4) is 0 Å². The molecule has 1 aromatic rings. The topological polar surface area (TPSA) is 83.1 Å². The van der Waals surface area contributed by atoms with Crippen LogP contribution in [0.15, 0.2) is 18.7 Å². The number of carbonyl (C=O) groups excluding carboxylic acids is 1. The first-order valence-corrected chi connectivity index (χ1v) is 14.2. The lowest BCUT2D eigenvalue weighted by Gasteiger charge is -2.39. The molecule has 0 radical (unpaired) electrons. The first-order chi connectivity index (χ1) is 16.7. The van der Waals surface area contributed by atoms with Crippen LogP contribution < -0.4 is 9.46 Å². The average molecular weight is 582 g/mol. The van der Waals surface area contributed by atoms with Gasteiger partial charge in [0.25, 0.3) is 5.91 Å². The monoisotopic (exact) mass is 580 g/mol. The summed E-state index contributed by atoms with van der Waals surface area (Å²) >= 11 is 18.1. The molecular formula is C25H35Cl3N2O5S. The number of benzene rings is 1. The first-order valence-electron chi connectivity index (χ1n) is 11.9. The minimum absolute atomic E-state index is 0.00152. The summed E-state index contributed by atoms with van der Waals surface area (Å²) in [6, 6.07) is 1.18. The second-order valence-electron chi connectivity index (χ2n) is 10.5. The number of likely N-dealkylation sites (tertiary alicyclic amines) is 1. The zero-order chi connectivity index (χ0) is 26.8. The fraction of sp³-hybridized carbons (Fsp3) is 0.640. The highest BCUT2D eigenvalue weighted by Gasteiger charge is 2.42. The maximum absolute atomic E-state index is 13.2. The number of nitrogens with one attached hydrogen (secondary N) is 1. The van der Waals surface area contributed by atoms with Gasteiger partial charge in [0, 0.05) is 36.1 Å². The Balaban J connectivity index is 1.87. The molecule has 0 aliphatic carbocycles. The number of nitrogens with zero attached hydrogens (tertiary/aromatic N) is 1. The molecule has 2 unspecified atom stereocenters. The van der Waals surface area contributed by atoms with Crippen molar-refractivity contribution in [1.29, 1.82) is 0 Å². The molecule has 3 atom stereocenters. The van der Waals surface area contributed by atoms with Crippen LogP contribution in [0.5, 0.6) is 5.75 Å². The minimum atomic E-state index is -1.41. The summed E-state index contributed by atoms with van der Waals surface area (Å²) < 4.78 is 33.2. The maximum Gasteiger partial charge on any atom is 0.254 e. The van der Waals surface area contributed by atoms with Gasteiger partial charge < -0.3 is 23.7 Å². The molecule has 0 bridgehead atoms. The molecule has 0 spiro atoms. The second-order valence-corrected chi connectivity index (χ2v) is 13.6. The van der Waals surface area contributed by atoms with Crippen LogP contribution in [0.4, 0.5) is 0 Å². The van der Waals surface area contributed by atoms with Gasteiger partial charge >= 0.3 is 0 Å². The molecular weight excluding hydrogens is 547 g/mol. The number of amides is 1. The molecule has 1 N–H and O–H groups in total. The third kappa shape index (κ3) is 7.03. The van der Waals surface area contributed by atoms with Crippen molar-refractivity contribution in [2.75, 3.05) is 26.3 Å². The van der Waals surface area contributed by atoms with E-state index in [4.69, 9.17) is 49.0 Å². The lowest BCUT2D eigenvalue weighted by atomic mass is 9.85. The van der Waals surface area contributed by atoms with E-state index in [1.165, 1.54) is 0 Å². The van der Waals surface area contributed by atoms with Crippen molar-refractivity contribution < 1.29 is 23.6 Å². The Hall–Kier alpha value is -0.710. The highest BCUT2D eigenvalue weighted by molar-refractivity contribution is 7.90. The summed E-state index contributed by atoms with van der Waals surface area (Å²) in [6.45, 7) is 14.5. The molecule has 2 aliphatic heterocycles. The number of carbonyl (C=O) groups is 1. The van der Waals surface area contributed by atoms with E-state index in [0.29, 0.717) is 37.2 Å². The number of halogens is 3. The number of hydrogen-bond donors (Lipinski definition) is 1. The molecule has 11 heteroatoms. The van der Waals surface area contributed by atoms with E-state index in [1.54, 1.807) is 30.9 Å². The molecule has 0 aromatic heterocycles. The van der Waals surface area contributed by atoms with E-state index < -0.39 is 34.0 Å². The fourth-order valence-corrected chi connectivity index (χ4v) is 5.90. The van der Waals surface area contributed by atoms with Gasteiger partial charge in [-0.05, 0) is 53.4 Å². The van der Waals surface area contributed by atoms with Gasteiger partial charge in [0.2, 0.25) is 0 Å². The van der Waals surface area contributed by atoms with Gasteiger partial charge in [0.1, 0.15) is 17.1 Å². The number of ether oxygens (including phenoxy) is 3. The van der Waals surface area contributed by atoms with Crippen LogP contribution in [-0.2, 0) is 25.6 Å². The van der Waals surface area contributed by atoms with E-state index in [9.17, 15) is 9.35 Å². The summed E-state index contributed by atoms with van der Waals surface area (Å²) in [5.74, 6) is -0.394. The molecule has 0 saturated carbocycles. The molecule has 2 heterocycles. The first kappa shape index (κ1) is 29.8. The zero-order valence-electron chi connectivity index (χ0n) is 21.4. The van der Waals surface area contributed by atoms with E-state index in [-0.39, 0.29) is 40.1 Å². The molecule has 202 valence electrons. The van der Waals surface area contributed by atoms with Gasteiger partial charge in [-0.2, -0.15) is 0 Å². The van der Waals surface area contributed by atoms with Gasteiger partial charge in [-0.15, -0.1) is 4.72 Å². The van der Waals surface area contributed by atoms with E-state index >= 15 is 0 Å². The molecule has 2 saturated heterocycles. The summed E-state index contributed by atoms with van der Waals surface area (Å²) in [4.78, 5) is 14.8. The average Bonchev–Trinajstić information content (AvgIpc) is 3.18. The summed E-state index contributed by atoms with van der Waals surface area (Å²) in [5, 5.41) is 0.729. The molecule has 7 nitrogen and oxygen atoms in total. The summed E-state index contributed by atoms with van der Waals surface area (Å²) in [7, 11) is 0. The Morgan fingerprint density at radius 3 is 2.50 bits per heavy atom. The lowest BCUT2D eigenvalue weighted by Crippen LogP contribution is -2.48. The van der Waals surface area contributed by atoms with Crippen LogP contribution in [0.25, 0.3) is 0 Å². The zero-order valence-corrected chi connectivity index (χ0v) is 24.5. The van der Waals surface area contributed by atoms with E-state index in [1.807, 2.05) is 20.8 Å². The van der Waals surface area contributed by atoms with Gasteiger partial charge in [0.05, 0.1) is 27.7 Å². The number of rotatable bonds is 8. The number of hydrogen-bond acceptors (Lipinski definition) is 6. The molecule has 2 fully saturated rings. The van der Waals surface area contributed by atoms with Crippen molar-refractivity contribution in [3.8, 4) is 5.75 Å². The minimum Gasteiger partial charge on any atom is -0.598 e.